The molecule has 2 rings (SSSR count). The van der Waals surface area contributed by atoms with Gasteiger partial charge in [0.1, 0.15) is 5.76 Å². The highest BCUT2D eigenvalue weighted by molar-refractivity contribution is 5.73. The Morgan fingerprint density at radius 3 is 3.00 bits per heavy atom. The first-order valence-corrected chi connectivity index (χ1v) is 7.01. The molecule has 19 heavy (non-hydrogen) atoms. The first kappa shape index (κ1) is 14.1. The molecule has 106 valence electrons. The van der Waals surface area contributed by atoms with E-state index in [1.54, 1.807) is 13.1 Å². The lowest BCUT2D eigenvalue weighted by atomic mass is 10.2. The van der Waals surface area contributed by atoms with Crippen molar-refractivity contribution < 1.29 is 9.21 Å². The van der Waals surface area contributed by atoms with Gasteiger partial charge in [0.05, 0.1) is 12.7 Å². The summed E-state index contributed by atoms with van der Waals surface area (Å²) in [6.45, 7) is 9.31. The van der Waals surface area contributed by atoms with Crippen molar-refractivity contribution in [3.8, 4) is 0 Å². The SMILES string of the molecule is CCCN1CC[C@H](N(Cc2ncc(C)o2)C(C)=O)C1. The second-order valence-corrected chi connectivity index (χ2v) is 5.25. The fourth-order valence-corrected chi connectivity index (χ4v) is 2.70. The molecular weight excluding hydrogens is 242 g/mol. The summed E-state index contributed by atoms with van der Waals surface area (Å²) in [5.41, 5.74) is 0. The molecule has 0 N–H and O–H groups in total. The van der Waals surface area contributed by atoms with Crippen LogP contribution in [0.1, 0.15) is 38.3 Å². The number of hydrogen-bond acceptors (Lipinski definition) is 4. The van der Waals surface area contributed by atoms with Crippen LogP contribution in [0.2, 0.25) is 0 Å². The average molecular weight is 265 g/mol. The molecule has 1 aliphatic heterocycles. The van der Waals surface area contributed by atoms with Crippen molar-refractivity contribution in [3.63, 3.8) is 0 Å². The van der Waals surface area contributed by atoms with Gasteiger partial charge in [-0.2, -0.15) is 0 Å². The third-order valence-electron chi connectivity index (χ3n) is 3.61. The second kappa shape index (κ2) is 6.19. The molecule has 0 radical (unpaired) electrons. The zero-order chi connectivity index (χ0) is 13.8. The Morgan fingerprint density at radius 1 is 1.63 bits per heavy atom. The van der Waals surface area contributed by atoms with E-state index in [0.29, 0.717) is 12.4 Å². The highest BCUT2D eigenvalue weighted by atomic mass is 16.4. The number of carbonyl (C=O) groups excluding carboxylic acids is 1. The fraction of sp³-hybridized carbons (Fsp3) is 0.714. The number of nitrogens with zero attached hydrogens (tertiary/aromatic N) is 3. The summed E-state index contributed by atoms with van der Waals surface area (Å²) in [6, 6.07) is 0.288. The van der Waals surface area contributed by atoms with Crippen molar-refractivity contribution in [1.29, 1.82) is 0 Å². The second-order valence-electron chi connectivity index (χ2n) is 5.25. The molecule has 1 amide bonds. The minimum atomic E-state index is 0.0965. The number of amides is 1. The normalized spacial score (nSPS) is 19.8. The minimum Gasteiger partial charge on any atom is -0.444 e. The number of hydrogen-bond donors (Lipinski definition) is 0. The van der Waals surface area contributed by atoms with Crippen LogP contribution < -0.4 is 0 Å². The van der Waals surface area contributed by atoms with Gasteiger partial charge in [-0.05, 0) is 26.3 Å². The molecule has 1 fully saturated rings. The number of aryl methyl sites for hydroxylation is 1. The predicted molar refractivity (Wildman–Crippen MR) is 72.6 cm³/mol. The van der Waals surface area contributed by atoms with Crippen molar-refractivity contribution in [2.45, 2.75) is 46.2 Å². The van der Waals surface area contributed by atoms with Gasteiger partial charge in [0.15, 0.2) is 0 Å². The Hall–Kier alpha value is -1.36. The molecule has 1 atom stereocenters. The van der Waals surface area contributed by atoms with Crippen LogP contribution in [-0.4, -0.2) is 46.4 Å². The van der Waals surface area contributed by atoms with Crippen molar-refractivity contribution in [1.82, 2.24) is 14.8 Å². The standard InChI is InChI=1S/C14H23N3O2/c1-4-6-16-7-5-13(9-16)17(12(3)18)10-14-15-8-11(2)19-14/h8,13H,4-7,9-10H2,1-3H3/t13-/m0/s1. The minimum absolute atomic E-state index is 0.0965. The van der Waals surface area contributed by atoms with E-state index in [0.717, 1.165) is 38.2 Å². The van der Waals surface area contributed by atoms with E-state index < -0.39 is 0 Å². The van der Waals surface area contributed by atoms with E-state index in [1.165, 1.54) is 0 Å². The number of oxazole rings is 1. The van der Waals surface area contributed by atoms with Gasteiger partial charge >= 0.3 is 0 Å². The zero-order valence-corrected chi connectivity index (χ0v) is 12.1. The van der Waals surface area contributed by atoms with Gasteiger partial charge in [-0.1, -0.05) is 6.92 Å². The number of carbonyl (C=O) groups is 1. The van der Waals surface area contributed by atoms with Crippen LogP contribution in [-0.2, 0) is 11.3 Å². The molecular formula is C14H23N3O2. The first-order valence-electron chi connectivity index (χ1n) is 7.01. The topological polar surface area (TPSA) is 49.6 Å². The van der Waals surface area contributed by atoms with Gasteiger partial charge in [0.2, 0.25) is 11.8 Å². The average Bonchev–Trinajstić information content (AvgIpc) is 2.95. The summed E-state index contributed by atoms with van der Waals surface area (Å²) < 4.78 is 5.48. The van der Waals surface area contributed by atoms with Crippen molar-refractivity contribution in [2.75, 3.05) is 19.6 Å². The van der Waals surface area contributed by atoms with Crippen molar-refractivity contribution >= 4 is 5.91 Å². The summed E-state index contributed by atoms with van der Waals surface area (Å²) in [5.74, 6) is 1.51. The summed E-state index contributed by atoms with van der Waals surface area (Å²) in [4.78, 5) is 20.3. The fourth-order valence-electron chi connectivity index (χ4n) is 2.70. The predicted octanol–water partition coefficient (Wildman–Crippen LogP) is 1.82. The Bertz CT molecular complexity index is 430. The van der Waals surface area contributed by atoms with Crippen LogP contribution in [0.15, 0.2) is 10.6 Å². The summed E-state index contributed by atoms with van der Waals surface area (Å²) in [7, 11) is 0. The maximum Gasteiger partial charge on any atom is 0.220 e. The molecule has 5 nitrogen and oxygen atoms in total. The molecule has 0 unspecified atom stereocenters. The van der Waals surface area contributed by atoms with E-state index in [2.05, 4.69) is 16.8 Å². The molecule has 0 bridgehead atoms. The summed E-state index contributed by atoms with van der Waals surface area (Å²) in [5, 5.41) is 0. The van der Waals surface area contributed by atoms with Gasteiger partial charge in [-0.25, -0.2) is 4.98 Å². The molecule has 1 aliphatic rings. The Labute approximate surface area is 114 Å². The van der Waals surface area contributed by atoms with Gasteiger partial charge in [-0.15, -0.1) is 0 Å². The highest BCUT2D eigenvalue weighted by Gasteiger charge is 2.29. The maximum atomic E-state index is 11.8. The van der Waals surface area contributed by atoms with Crippen LogP contribution in [0.3, 0.4) is 0 Å². The number of aromatic nitrogens is 1. The molecule has 5 heteroatoms. The maximum absolute atomic E-state index is 11.8. The van der Waals surface area contributed by atoms with Crippen molar-refractivity contribution in [2.24, 2.45) is 0 Å². The molecule has 0 aliphatic carbocycles. The molecule has 0 spiro atoms. The lowest BCUT2D eigenvalue weighted by Crippen LogP contribution is -2.40. The Balaban J connectivity index is 1.99. The van der Waals surface area contributed by atoms with Crippen LogP contribution in [0.25, 0.3) is 0 Å². The Morgan fingerprint density at radius 2 is 2.42 bits per heavy atom. The number of likely N-dealkylation sites (tertiary alicyclic amines) is 1. The third-order valence-corrected chi connectivity index (χ3v) is 3.61. The van der Waals surface area contributed by atoms with Crippen LogP contribution >= 0.6 is 0 Å². The first-order chi connectivity index (χ1) is 9.10. The van der Waals surface area contributed by atoms with Gasteiger partial charge in [0.25, 0.3) is 0 Å². The summed E-state index contributed by atoms with van der Waals surface area (Å²) in [6.07, 6.45) is 3.90. The lowest BCUT2D eigenvalue weighted by molar-refractivity contribution is -0.132. The molecule has 0 saturated carbocycles. The number of rotatable bonds is 5. The monoisotopic (exact) mass is 265 g/mol. The molecule has 1 saturated heterocycles. The van der Waals surface area contributed by atoms with E-state index >= 15 is 0 Å². The van der Waals surface area contributed by atoms with E-state index in [1.807, 2.05) is 11.8 Å². The quantitative estimate of drug-likeness (QED) is 0.815. The smallest absolute Gasteiger partial charge is 0.220 e. The summed E-state index contributed by atoms with van der Waals surface area (Å²) >= 11 is 0. The van der Waals surface area contributed by atoms with E-state index in [-0.39, 0.29) is 11.9 Å². The molecule has 2 heterocycles. The van der Waals surface area contributed by atoms with Gasteiger partial charge in [0, 0.05) is 26.1 Å². The largest absolute Gasteiger partial charge is 0.444 e. The van der Waals surface area contributed by atoms with Crippen LogP contribution in [0.5, 0.6) is 0 Å². The van der Waals surface area contributed by atoms with E-state index in [9.17, 15) is 4.79 Å². The lowest BCUT2D eigenvalue weighted by Gasteiger charge is -2.27. The highest BCUT2D eigenvalue weighted by Crippen LogP contribution is 2.18. The third kappa shape index (κ3) is 3.56. The van der Waals surface area contributed by atoms with Crippen LogP contribution in [0, 0.1) is 6.92 Å². The van der Waals surface area contributed by atoms with Gasteiger partial charge in [-0.3, -0.25) is 4.79 Å². The van der Waals surface area contributed by atoms with Gasteiger partial charge < -0.3 is 14.2 Å². The van der Waals surface area contributed by atoms with E-state index in [4.69, 9.17) is 4.42 Å². The van der Waals surface area contributed by atoms with Crippen molar-refractivity contribution in [3.05, 3.63) is 17.8 Å². The molecule has 1 aromatic rings. The molecule has 0 aromatic carbocycles. The Kier molecular flexibility index (Phi) is 4.58. The van der Waals surface area contributed by atoms with Crippen LogP contribution in [0.4, 0.5) is 0 Å². The molecule has 1 aromatic heterocycles. The zero-order valence-electron chi connectivity index (χ0n) is 12.1.